The number of hydrogen-bond donors (Lipinski definition) is 1. The van der Waals surface area contributed by atoms with Crippen LogP contribution in [0.5, 0.6) is 0 Å². The van der Waals surface area contributed by atoms with E-state index >= 15 is 0 Å². The van der Waals surface area contributed by atoms with Crippen molar-refractivity contribution in [3.63, 3.8) is 0 Å². The Morgan fingerprint density at radius 3 is 2.83 bits per heavy atom. The molecule has 2 aromatic heterocycles. The van der Waals surface area contributed by atoms with Gasteiger partial charge in [0.25, 0.3) is 5.56 Å². The first-order valence-corrected chi connectivity index (χ1v) is 7.98. The Hall–Kier alpha value is -1.70. The van der Waals surface area contributed by atoms with E-state index in [4.69, 9.17) is 14.2 Å². The van der Waals surface area contributed by atoms with E-state index in [1.807, 2.05) is 24.6 Å². The Morgan fingerprint density at radius 2 is 2.09 bits per heavy atom. The number of rotatable bonds is 2. The van der Waals surface area contributed by atoms with Crippen LogP contribution < -0.4 is 5.56 Å². The summed E-state index contributed by atoms with van der Waals surface area (Å²) in [5, 5.41) is 0.550. The minimum Gasteiger partial charge on any atom is -0.349 e. The fraction of sp³-hybridized carbons (Fsp3) is 0.625. The molecule has 7 heteroatoms. The first-order chi connectivity index (χ1) is 10.9. The first-order valence-electron chi connectivity index (χ1n) is 7.98. The fourth-order valence-electron chi connectivity index (χ4n) is 3.57. The molecule has 0 amide bonds. The zero-order valence-electron chi connectivity index (χ0n) is 13.7. The van der Waals surface area contributed by atoms with E-state index in [1.165, 1.54) is 0 Å². The second kappa shape index (κ2) is 4.90. The zero-order valence-corrected chi connectivity index (χ0v) is 13.7. The maximum absolute atomic E-state index is 12.1. The molecule has 0 aromatic carbocycles. The Balaban J connectivity index is 1.80. The third-order valence-electron chi connectivity index (χ3n) is 4.50. The number of aromatic nitrogens is 3. The summed E-state index contributed by atoms with van der Waals surface area (Å²) in [4.78, 5) is 19.3. The third kappa shape index (κ3) is 2.22. The maximum atomic E-state index is 12.1. The van der Waals surface area contributed by atoms with Gasteiger partial charge in [-0.3, -0.25) is 4.79 Å². The maximum Gasteiger partial charge on any atom is 0.260 e. The van der Waals surface area contributed by atoms with Gasteiger partial charge in [0.05, 0.1) is 11.5 Å². The van der Waals surface area contributed by atoms with Crippen LogP contribution in [0.2, 0.25) is 0 Å². The van der Waals surface area contributed by atoms with Gasteiger partial charge >= 0.3 is 0 Å². The molecule has 0 saturated carbocycles. The molecule has 4 atom stereocenters. The van der Waals surface area contributed by atoms with E-state index in [9.17, 15) is 4.79 Å². The van der Waals surface area contributed by atoms with Gasteiger partial charge in [-0.15, -0.1) is 0 Å². The highest BCUT2D eigenvalue weighted by molar-refractivity contribution is 5.75. The summed E-state index contributed by atoms with van der Waals surface area (Å²) in [5.41, 5.74) is 0.469. The lowest BCUT2D eigenvalue weighted by atomic mass is 10.1. The minimum absolute atomic E-state index is 0.0349. The van der Waals surface area contributed by atoms with Crippen LogP contribution in [0.4, 0.5) is 0 Å². The van der Waals surface area contributed by atoms with Crippen molar-refractivity contribution >= 4 is 11.0 Å². The molecule has 124 valence electrons. The third-order valence-corrected chi connectivity index (χ3v) is 4.50. The highest BCUT2D eigenvalue weighted by Crippen LogP contribution is 2.44. The van der Waals surface area contributed by atoms with Crippen LogP contribution in [0, 0.1) is 6.92 Å². The molecule has 2 aliphatic rings. The van der Waals surface area contributed by atoms with Crippen LogP contribution in [-0.4, -0.2) is 38.6 Å². The molecule has 2 aliphatic heterocycles. The monoisotopic (exact) mass is 319 g/mol. The van der Waals surface area contributed by atoms with E-state index in [-0.39, 0.29) is 30.1 Å². The van der Waals surface area contributed by atoms with E-state index < -0.39 is 5.79 Å². The van der Waals surface area contributed by atoms with Crippen molar-refractivity contribution < 1.29 is 14.2 Å². The van der Waals surface area contributed by atoms with Gasteiger partial charge in [-0.2, -0.15) is 0 Å². The van der Waals surface area contributed by atoms with Gasteiger partial charge in [0, 0.05) is 6.20 Å². The lowest BCUT2D eigenvalue weighted by Gasteiger charge is -2.24. The van der Waals surface area contributed by atoms with Crippen molar-refractivity contribution in [2.75, 3.05) is 0 Å². The second-order valence-corrected chi connectivity index (χ2v) is 6.65. The van der Waals surface area contributed by atoms with Gasteiger partial charge in [-0.05, 0) is 33.3 Å². The van der Waals surface area contributed by atoms with Gasteiger partial charge in [-0.25, -0.2) is 4.98 Å². The van der Waals surface area contributed by atoms with Gasteiger partial charge in [-0.1, -0.05) is 6.92 Å². The molecular weight excluding hydrogens is 298 g/mol. The van der Waals surface area contributed by atoms with Crippen molar-refractivity contribution in [3.8, 4) is 0 Å². The second-order valence-electron chi connectivity index (χ2n) is 6.65. The van der Waals surface area contributed by atoms with Crippen molar-refractivity contribution in [2.45, 2.75) is 64.4 Å². The Morgan fingerprint density at radius 1 is 1.35 bits per heavy atom. The van der Waals surface area contributed by atoms with E-state index in [0.29, 0.717) is 16.9 Å². The van der Waals surface area contributed by atoms with Gasteiger partial charge in [0.2, 0.25) is 0 Å². The number of nitrogens with zero attached hydrogens (tertiary/aromatic N) is 2. The van der Waals surface area contributed by atoms with Crippen molar-refractivity contribution in [1.82, 2.24) is 14.5 Å². The first kappa shape index (κ1) is 14.9. The quantitative estimate of drug-likeness (QED) is 0.914. The number of H-pyrrole nitrogens is 1. The predicted molar refractivity (Wildman–Crippen MR) is 83.1 cm³/mol. The standard InChI is InChI=1S/C16H21N3O4/c1-5-10-11-12(23-16(3,4)22-11)15(21-10)19-7-6-9-13(19)17-8(2)18-14(9)20/h6-7,10-12,15H,5H2,1-4H3,(H,17,18,20)/t10-,11?,12+,15-/m1/s1. The average Bonchev–Trinajstić information content (AvgIpc) is 3.09. The predicted octanol–water partition coefficient (Wildman–Crippen LogP) is 1.86. The van der Waals surface area contributed by atoms with Crippen molar-refractivity contribution in [3.05, 3.63) is 28.4 Å². The fourth-order valence-corrected chi connectivity index (χ4v) is 3.57. The van der Waals surface area contributed by atoms with E-state index in [2.05, 4.69) is 16.9 Å². The number of fused-ring (bicyclic) bond motifs is 2. The summed E-state index contributed by atoms with van der Waals surface area (Å²) in [5.74, 6) is -0.0536. The largest absolute Gasteiger partial charge is 0.349 e. The summed E-state index contributed by atoms with van der Waals surface area (Å²) in [6.07, 6.45) is 1.96. The average molecular weight is 319 g/mol. The molecule has 0 radical (unpaired) electrons. The summed E-state index contributed by atoms with van der Waals surface area (Å²) in [6, 6.07) is 1.76. The summed E-state index contributed by atoms with van der Waals surface area (Å²) in [7, 11) is 0. The normalized spacial score (nSPS) is 32.5. The lowest BCUT2D eigenvalue weighted by molar-refractivity contribution is -0.196. The van der Waals surface area contributed by atoms with Crippen LogP contribution in [0.25, 0.3) is 11.0 Å². The molecule has 23 heavy (non-hydrogen) atoms. The number of ether oxygens (including phenoxy) is 3. The molecule has 2 aromatic rings. The van der Waals surface area contributed by atoms with E-state index in [0.717, 1.165) is 6.42 Å². The van der Waals surface area contributed by atoms with Gasteiger partial charge < -0.3 is 23.8 Å². The number of aromatic amines is 1. The van der Waals surface area contributed by atoms with Crippen LogP contribution in [-0.2, 0) is 14.2 Å². The number of aryl methyl sites for hydroxylation is 1. The van der Waals surface area contributed by atoms with Gasteiger partial charge in [0.1, 0.15) is 23.7 Å². The molecule has 2 saturated heterocycles. The Kier molecular flexibility index (Phi) is 3.16. The smallest absolute Gasteiger partial charge is 0.260 e. The van der Waals surface area contributed by atoms with Crippen LogP contribution in [0.3, 0.4) is 0 Å². The molecule has 0 bridgehead atoms. The highest BCUT2D eigenvalue weighted by atomic mass is 16.8. The van der Waals surface area contributed by atoms with E-state index in [1.54, 1.807) is 13.0 Å². The molecule has 1 N–H and O–H groups in total. The highest BCUT2D eigenvalue weighted by Gasteiger charge is 2.55. The minimum atomic E-state index is -0.630. The van der Waals surface area contributed by atoms with Crippen molar-refractivity contribution in [2.24, 2.45) is 0 Å². The summed E-state index contributed by atoms with van der Waals surface area (Å²) in [6.45, 7) is 7.66. The number of nitrogens with one attached hydrogen (secondary N) is 1. The van der Waals surface area contributed by atoms with Crippen LogP contribution >= 0.6 is 0 Å². The Bertz CT molecular complexity index is 809. The van der Waals surface area contributed by atoms with Gasteiger partial charge in [0.15, 0.2) is 12.0 Å². The van der Waals surface area contributed by atoms with Crippen LogP contribution in [0.1, 0.15) is 39.2 Å². The molecule has 1 unspecified atom stereocenters. The molecule has 0 spiro atoms. The van der Waals surface area contributed by atoms with Crippen LogP contribution in [0.15, 0.2) is 17.1 Å². The molecule has 4 rings (SSSR count). The van der Waals surface area contributed by atoms with Crippen molar-refractivity contribution in [1.29, 1.82) is 0 Å². The molecule has 4 heterocycles. The summed E-state index contributed by atoms with van der Waals surface area (Å²) >= 11 is 0. The number of hydrogen-bond acceptors (Lipinski definition) is 5. The molecule has 2 fully saturated rings. The molecular formula is C16H21N3O4. The molecule has 0 aliphatic carbocycles. The lowest BCUT2D eigenvalue weighted by Crippen LogP contribution is -2.28. The zero-order chi connectivity index (χ0) is 16.4. The Labute approximate surface area is 133 Å². The SMILES string of the molecule is CC[C@H]1O[C@@H](n2ccc3c(=O)[nH]c(C)nc32)[C@H]2OC(C)(C)OC12. The summed E-state index contributed by atoms with van der Waals surface area (Å²) < 4.78 is 20.1. The molecule has 7 nitrogen and oxygen atoms in total. The topological polar surface area (TPSA) is 78.4 Å².